The first-order chi connectivity index (χ1) is 10.2. The van der Waals surface area contributed by atoms with Crippen molar-refractivity contribution in [2.45, 2.75) is 43.9 Å². The van der Waals surface area contributed by atoms with Crippen LogP contribution < -0.4 is 15.0 Å². The molecule has 1 aromatic carbocycles. The maximum absolute atomic E-state index is 6.04. The van der Waals surface area contributed by atoms with E-state index in [-0.39, 0.29) is 6.10 Å². The number of nitrogens with zero attached hydrogens (tertiary/aromatic N) is 1. The number of benzene rings is 1. The molecule has 1 aliphatic heterocycles. The lowest BCUT2D eigenvalue weighted by Crippen LogP contribution is -2.29. The average molecular weight is 290 g/mol. The maximum Gasteiger partial charge on any atom is 0.121 e. The fraction of sp³-hybridized carbons (Fsp3) is 0.647. The number of ether oxygens (including phenoxy) is 2. The summed E-state index contributed by atoms with van der Waals surface area (Å²) in [6.45, 7) is 1.65. The zero-order valence-electron chi connectivity index (χ0n) is 13.0. The third-order valence-corrected chi connectivity index (χ3v) is 4.18. The molecular weight excluding hydrogens is 264 g/mol. The number of rotatable bonds is 7. The molecule has 116 valence electrons. The molecule has 0 bridgehead atoms. The molecule has 0 aromatic heterocycles. The molecule has 1 aromatic rings. The summed E-state index contributed by atoms with van der Waals surface area (Å²) in [7, 11) is 4.08. The average Bonchev–Trinajstić information content (AvgIpc) is 3.21. The largest absolute Gasteiger partial charge is 0.491 e. The van der Waals surface area contributed by atoms with E-state index in [1.165, 1.54) is 12.8 Å². The number of hydrogen-bond acceptors (Lipinski definition) is 4. The third kappa shape index (κ3) is 4.35. The van der Waals surface area contributed by atoms with Crippen molar-refractivity contribution < 1.29 is 9.47 Å². The van der Waals surface area contributed by atoms with Crippen LogP contribution in [0, 0.1) is 0 Å². The van der Waals surface area contributed by atoms with E-state index in [9.17, 15) is 0 Å². The lowest BCUT2D eigenvalue weighted by atomic mass is 10.2. The summed E-state index contributed by atoms with van der Waals surface area (Å²) in [6, 6.07) is 8.95. The lowest BCUT2D eigenvalue weighted by Gasteiger charge is -2.17. The van der Waals surface area contributed by atoms with E-state index in [1.54, 1.807) is 0 Å². The van der Waals surface area contributed by atoms with Crippen LogP contribution in [-0.2, 0) is 4.74 Å². The van der Waals surface area contributed by atoms with E-state index in [2.05, 4.69) is 22.3 Å². The van der Waals surface area contributed by atoms with Crippen LogP contribution in [0.3, 0.4) is 0 Å². The Morgan fingerprint density at radius 3 is 2.76 bits per heavy atom. The van der Waals surface area contributed by atoms with Gasteiger partial charge in [-0.15, -0.1) is 0 Å². The van der Waals surface area contributed by atoms with Crippen LogP contribution in [-0.4, -0.2) is 45.5 Å². The molecule has 3 rings (SSSR count). The van der Waals surface area contributed by atoms with Gasteiger partial charge >= 0.3 is 0 Å². The summed E-state index contributed by atoms with van der Waals surface area (Å²) < 4.78 is 11.9. The van der Waals surface area contributed by atoms with E-state index in [0.717, 1.165) is 36.9 Å². The minimum atomic E-state index is 0.235. The second-order valence-electron chi connectivity index (χ2n) is 6.34. The van der Waals surface area contributed by atoms with Gasteiger partial charge in [0.2, 0.25) is 0 Å². The van der Waals surface area contributed by atoms with Gasteiger partial charge in [-0.3, -0.25) is 0 Å². The van der Waals surface area contributed by atoms with Crippen LogP contribution in [0.2, 0.25) is 0 Å². The molecule has 21 heavy (non-hydrogen) atoms. The number of anilines is 1. The van der Waals surface area contributed by atoms with E-state index in [4.69, 9.17) is 9.47 Å². The van der Waals surface area contributed by atoms with Crippen molar-refractivity contribution in [1.29, 1.82) is 0 Å². The van der Waals surface area contributed by atoms with Gasteiger partial charge in [0, 0.05) is 38.4 Å². The number of nitrogens with one attached hydrogen (secondary N) is 1. The summed E-state index contributed by atoms with van der Waals surface area (Å²) in [5, 5.41) is 3.54. The Bertz CT molecular complexity index is 460. The summed E-state index contributed by atoms with van der Waals surface area (Å²) >= 11 is 0. The highest BCUT2D eigenvalue weighted by atomic mass is 16.5. The Labute approximate surface area is 127 Å². The normalized spacial score (nSPS) is 25.0. The van der Waals surface area contributed by atoms with Crippen LogP contribution in [0.5, 0.6) is 5.75 Å². The highest BCUT2D eigenvalue weighted by molar-refractivity contribution is 5.49. The van der Waals surface area contributed by atoms with Crippen LogP contribution in [0.1, 0.15) is 25.7 Å². The first kappa shape index (κ1) is 14.7. The Morgan fingerprint density at radius 1 is 1.19 bits per heavy atom. The first-order valence-corrected chi connectivity index (χ1v) is 8.00. The van der Waals surface area contributed by atoms with Crippen LogP contribution in [0.25, 0.3) is 0 Å². The molecule has 0 spiro atoms. The summed E-state index contributed by atoms with van der Waals surface area (Å²) in [4.78, 5) is 2.08. The molecule has 1 aliphatic carbocycles. The minimum Gasteiger partial charge on any atom is -0.491 e. The van der Waals surface area contributed by atoms with Gasteiger partial charge in [-0.1, -0.05) is 6.07 Å². The van der Waals surface area contributed by atoms with Gasteiger partial charge in [-0.2, -0.15) is 0 Å². The van der Waals surface area contributed by atoms with E-state index < -0.39 is 0 Å². The van der Waals surface area contributed by atoms with Gasteiger partial charge in [0.1, 0.15) is 12.4 Å². The standard InChI is InChI=1S/C17H26N2O2/c1-19(2)14-4-3-5-15(10-14)20-12-17-9-8-16(21-17)11-18-13-6-7-13/h3-5,10,13,16-18H,6-9,11-12H2,1-2H3. The molecule has 1 saturated carbocycles. The predicted octanol–water partition coefficient (Wildman–Crippen LogP) is 2.43. The molecule has 1 saturated heterocycles. The SMILES string of the molecule is CN(C)c1cccc(OCC2CCC(CNC3CC3)O2)c1. The van der Waals surface area contributed by atoms with Crippen molar-refractivity contribution in [2.24, 2.45) is 0 Å². The van der Waals surface area contributed by atoms with Crippen molar-refractivity contribution in [3.05, 3.63) is 24.3 Å². The Balaban J connectivity index is 1.41. The molecule has 2 atom stereocenters. The molecule has 0 amide bonds. The molecule has 2 aliphatic rings. The summed E-state index contributed by atoms with van der Waals surface area (Å²) in [6.07, 6.45) is 5.52. The van der Waals surface area contributed by atoms with Crippen molar-refractivity contribution in [3.63, 3.8) is 0 Å². The minimum absolute atomic E-state index is 0.235. The highest BCUT2D eigenvalue weighted by Gasteiger charge is 2.28. The quantitative estimate of drug-likeness (QED) is 0.836. The van der Waals surface area contributed by atoms with Crippen molar-refractivity contribution in [2.75, 3.05) is 32.1 Å². The van der Waals surface area contributed by atoms with E-state index in [1.807, 2.05) is 26.2 Å². The van der Waals surface area contributed by atoms with Crippen LogP contribution >= 0.6 is 0 Å². The molecule has 0 radical (unpaired) electrons. The van der Waals surface area contributed by atoms with Crippen molar-refractivity contribution in [3.8, 4) is 5.75 Å². The zero-order valence-corrected chi connectivity index (χ0v) is 13.0. The molecule has 1 N–H and O–H groups in total. The fourth-order valence-electron chi connectivity index (χ4n) is 2.68. The van der Waals surface area contributed by atoms with Crippen LogP contribution in [0.4, 0.5) is 5.69 Å². The molecule has 2 unspecified atom stereocenters. The first-order valence-electron chi connectivity index (χ1n) is 8.00. The topological polar surface area (TPSA) is 33.7 Å². The monoisotopic (exact) mass is 290 g/mol. The highest BCUT2D eigenvalue weighted by Crippen LogP contribution is 2.24. The Morgan fingerprint density at radius 2 is 2.00 bits per heavy atom. The molecule has 4 nitrogen and oxygen atoms in total. The van der Waals surface area contributed by atoms with Crippen LogP contribution in [0.15, 0.2) is 24.3 Å². The number of hydrogen-bond donors (Lipinski definition) is 1. The second kappa shape index (κ2) is 6.67. The summed E-state index contributed by atoms with van der Waals surface area (Å²) in [5.74, 6) is 0.921. The van der Waals surface area contributed by atoms with Gasteiger partial charge in [-0.25, -0.2) is 0 Å². The zero-order chi connectivity index (χ0) is 14.7. The van der Waals surface area contributed by atoms with Gasteiger partial charge in [0.05, 0.1) is 12.2 Å². The molecule has 2 fully saturated rings. The van der Waals surface area contributed by atoms with Gasteiger partial charge in [-0.05, 0) is 37.8 Å². The Hall–Kier alpha value is -1.26. The van der Waals surface area contributed by atoms with Crippen molar-refractivity contribution >= 4 is 5.69 Å². The Kier molecular flexibility index (Phi) is 4.66. The second-order valence-corrected chi connectivity index (χ2v) is 6.34. The van der Waals surface area contributed by atoms with Crippen molar-refractivity contribution in [1.82, 2.24) is 5.32 Å². The molecule has 4 heteroatoms. The van der Waals surface area contributed by atoms with Gasteiger partial charge in [0.25, 0.3) is 0 Å². The maximum atomic E-state index is 6.04. The molecular formula is C17H26N2O2. The lowest BCUT2D eigenvalue weighted by molar-refractivity contribution is 0.0184. The fourth-order valence-corrected chi connectivity index (χ4v) is 2.68. The summed E-state index contributed by atoms with van der Waals surface area (Å²) in [5.41, 5.74) is 1.16. The predicted molar refractivity (Wildman–Crippen MR) is 85.2 cm³/mol. The smallest absolute Gasteiger partial charge is 0.121 e. The van der Waals surface area contributed by atoms with Gasteiger partial charge in [0.15, 0.2) is 0 Å². The van der Waals surface area contributed by atoms with E-state index >= 15 is 0 Å². The molecule has 1 heterocycles. The third-order valence-electron chi connectivity index (χ3n) is 4.18. The van der Waals surface area contributed by atoms with Gasteiger partial charge < -0.3 is 19.7 Å². The van der Waals surface area contributed by atoms with E-state index in [0.29, 0.717) is 12.7 Å².